The minimum atomic E-state index is 0. The van der Waals surface area contributed by atoms with Crippen LogP contribution in [0, 0.1) is 11.3 Å². The van der Waals surface area contributed by atoms with Crippen molar-refractivity contribution in [2.24, 2.45) is 11.3 Å². The van der Waals surface area contributed by atoms with E-state index in [1.165, 1.54) is 0 Å². The summed E-state index contributed by atoms with van der Waals surface area (Å²) in [6.45, 7) is 9.41. The smallest absolute Gasteiger partial charge is 0.222 e. The van der Waals surface area contributed by atoms with E-state index in [-0.39, 0.29) is 24.2 Å². The van der Waals surface area contributed by atoms with Crippen molar-refractivity contribution in [2.75, 3.05) is 19.6 Å². The fraction of sp³-hybridized carbons (Fsp3) is 0.923. The number of amides is 1. The molecule has 0 aromatic carbocycles. The third-order valence-corrected chi connectivity index (χ3v) is 3.67. The van der Waals surface area contributed by atoms with Gasteiger partial charge in [0.05, 0.1) is 0 Å². The topological polar surface area (TPSA) is 41.1 Å². The van der Waals surface area contributed by atoms with Gasteiger partial charge in [0.1, 0.15) is 0 Å². The first-order valence-electron chi connectivity index (χ1n) is 6.56. The predicted molar refractivity (Wildman–Crippen MR) is 74.5 cm³/mol. The molecular formula is C13H27ClN2O. The van der Waals surface area contributed by atoms with Gasteiger partial charge in [0, 0.05) is 12.5 Å². The van der Waals surface area contributed by atoms with E-state index in [2.05, 4.69) is 24.5 Å². The number of halogens is 1. The van der Waals surface area contributed by atoms with Gasteiger partial charge in [0.25, 0.3) is 0 Å². The second-order valence-corrected chi connectivity index (χ2v) is 5.47. The Hall–Kier alpha value is -0.280. The molecule has 1 saturated heterocycles. The second kappa shape index (κ2) is 7.93. The predicted octanol–water partition coefficient (Wildman–Crippen LogP) is 2.35. The quantitative estimate of drug-likeness (QED) is 0.799. The molecule has 0 aliphatic carbocycles. The van der Waals surface area contributed by atoms with Crippen LogP contribution in [0.25, 0.3) is 0 Å². The molecule has 1 fully saturated rings. The molecule has 0 aromatic rings. The third-order valence-electron chi connectivity index (χ3n) is 3.67. The number of hydrogen-bond donors (Lipinski definition) is 2. The van der Waals surface area contributed by atoms with Gasteiger partial charge in [0.2, 0.25) is 5.91 Å². The van der Waals surface area contributed by atoms with Crippen LogP contribution in [0.5, 0.6) is 0 Å². The normalized spacial score (nSPS) is 20.2. The number of hydrogen-bond acceptors (Lipinski definition) is 2. The number of rotatable bonds is 5. The molecule has 17 heavy (non-hydrogen) atoms. The Labute approximate surface area is 112 Å². The standard InChI is InChI=1S/C13H26N2O.ClH/c1-4-5-11(2)12(16)15-10-13(3)6-8-14-9-7-13;/h11,14H,4-10H2,1-3H3,(H,15,16);1H. The Balaban J connectivity index is 0.00000256. The molecular weight excluding hydrogens is 236 g/mol. The van der Waals surface area contributed by atoms with Gasteiger partial charge in [-0.2, -0.15) is 0 Å². The van der Waals surface area contributed by atoms with Crippen LogP contribution in [0.15, 0.2) is 0 Å². The van der Waals surface area contributed by atoms with Crippen molar-refractivity contribution in [2.45, 2.75) is 46.5 Å². The molecule has 2 N–H and O–H groups in total. The fourth-order valence-corrected chi connectivity index (χ4v) is 2.25. The molecule has 3 nitrogen and oxygen atoms in total. The van der Waals surface area contributed by atoms with Gasteiger partial charge in [-0.3, -0.25) is 4.79 Å². The lowest BCUT2D eigenvalue weighted by Gasteiger charge is -2.34. The lowest BCUT2D eigenvalue weighted by molar-refractivity contribution is -0.125. The van der Waals surface area contributed by atoms with Crippen LogP contribution in [0.4, 0.5) is 0 Å². The highest BCUT2D eigenvalue weighted by atomic mass is 35.5. The van der Waals surface area contributed by atoms with E-state index in [0.717, 1.165) is 45.3 Å². The fourth-order valence-electron chi connectivity index (χ4n) is 2.25. The van der Waals surface area contributed by atoms with E-state index in [4.69, 9.17) is 0 Å². The largest absolute Gasteiger partial charge is 0.355 e. The van der Waals surface area contributed by atoms with Crippen molar-refractivity contribution in [3.63, 3.8) is 0 Å². The second-order valence-electron chi connectivity index (χ2n) is 5.47. The van der Waals surface area contributed by atoms with Gasteiger partial charge in [-0.25, -0.2) is 0 Å². The zero-order chi connectivity index (χ0) is 12.0. The Morgan fingerprint density at radius 2 is 2.00 bits per heavy atom. The summed E-state index contributed by atoms with van der Waals surface area (Å²) in [5.41, 5.74) is 0.298. The Morgan fingerprint density at radius 3 is 2.53 bits per heavy atom. The van der Waals surface area contributed by atoms with E-state index >= 15 is 0 Å². The van der Waals surface area contributed by atoms with E-state index < -0.39 is 0 Å². The summed E-state index contributed by atoms with van der Waals surface area (Å²) in [6.07, 6.45) is 4.39. The lowest BCUT2D eigenvalue weighted by Crippen LogP contribution is -2.44. The first-order chi connectivity index (χ1) is 7.57. The van der Waals surface area contributed by atoms with Crippen molar-refractivity contribution in [3.8, 4) is 0 Å². The first-order valence-corrected chi connectivity index (χ1v) is 6.56. The van der Waals surface area contributed by atoms with Crippen molar-refractivity contribution >= 4 is 18.3 Å². The highest BCUT2D eigenvalue weighted by molar-refractivity contribution is 5.85. The monoisotopic (exact) mass is 262 g/mol. The molecule has 1 amide bonds. The minimum absolute atomic E-state index is 0. The van der Waals surface area contributed by atoms with Crippen LogP contribution in [0.3, 0.4) is 0 Å². The summed E-state index contributed by atoms with van der Waals surface area (Å²) in [6, 6.07) is 0. The maximum atomic E-state index is 11.8. The molecule has 1 unspecified atom stereocenters. The Morgan fingerprint density at radius 1 is 1.41 bits per heavy atom. The van der Waals surface area contributed by atoms with Crippen LogP contribution in [0.2, 0.25) is 0 Å². The van der Waals surface area contributed by atoms with E-state index in [0.29, 0.717) is 5.41 Å². The summed E-state index contributed by atoms with van der Waals surface area (Å²) in [5.74, 6) is 0.386. The van der Waals surface area contributed by atoms with Crippen molar-refractivity contribution in [1.82, 2.24) is 10.6 Å². The molecule has 0 bridgehead atoms. The molecule has 1 aliphatic rings. The number of nitrogens with one attached hydrogen (secondary N) is 2. The summed E-state index contributed by atoms with van der Waals surface area (Å²) < 4.78 is 0. The SMILES string of the molecule is CCCC(C)C(=O)NCC1(C)CCNCC1.Cl. The van der Waals surface area contributed by atoms with Gasteiger partial charge in [-0.05, 0) is 37.8 Å². The van der Waals surface area contributed by atoms with Crippen molar-refractivity contribution in [1.29, 1.82) is 0 Å². The molecule has 0 radical (unpaired) electrons. The van der Waals surface area contributed by atoms with Gasteiger partial charge < -0.3 is 10.6 Å². The van der Waals surface area contributed by atoms with Gasteiger partial charge in [-0.1, -0.05) is 27.2 Å². The van der Waals surface area contributed by atoms with Crippen LogP contribution >= 0.6 is 12.4 Å². The van der Waals surface area contributed by atoms with Crippen molar-refractivity contribution in [3.05, 3.63) is 0 Å². The van der Waals surface area contributed by atoms with E-state index in [1.54, 1.807) is 0 Å². The molecule has 0 aromatic heterocycles. The average Bonchev–Trinajstić information content (AvgIpc) is 2.27. The molecule has 1 aliphatic heterocycles. The summed E-state index contributed by atoms with van der Waals surface area (Å²) in [4.78, 5) is 11.8. The zero-order valence-corrected chi connectivity index (χ0v) is 12.2. The molecule has 4 heteroatoms. The number of piperidine rings is 1. The number of carbonyl (C=O) groups is 1. The molecule has 0 spiro atoms. The van der Waals surface area contributed by atoms with Crippen LogP contribution in [-0.2, 0) is 4.79 Å². The van der Waals surface area contributed by atoms with Crippen LogP contribution in [-0.4, -0.2) is 25.5 Å². The van der Waals surface area contributed by atoms with Gasteiger partial charge >= 0.3 is 0 Å². The van der Waals surface area contributed by atoms with Gasteiger partial charge in [-0.15, -0.1) is 12.4 Å². The maximum Gasteiger partial charge on any atom is 0.222 e. The Kier molecular flexibility index (Phi) is 7.80. The summed E-state index contributed by atoms with van der Waals surface area (Å²) in [5, 5.41) is 6.47. The molecule has 102 valence electrons. The zero-order valence-electron chi connectivity index (χ0n) is 11.3. The maximum absolute atomic E-state index is 11.8. The third kappa shape index (κ3) is 5.73. The molecule has 1 heterocycles. The highest BCUT2D eigenvalue weighted by Crippen LogP contribution is 2.26. The lowest BCUT2D eigenvalue weighted by atomic mass is 9.81. The minimum Gasteiger partial charge on any atom is -0.355 e. The van der Waals surface area contributed by atoms with Gasteiger partial charge in [0.15, 0.2) is 0 Å². The first kappa shape index (κ1) is 16.7. The molecule has 1 rings (SSSR count). The highest BCUT2D eigenvalue weighted by Gasteiger charge is 2.27. The van der Waals surface area contributed by atoms with E-state index in [1.807, 2.05) is 6.92 Å². The van der Waals surface area contributed by atoms with E-state index in [9.17, 15) is 4.79 Å². The van der Waals surface area contributed by atoms with Crippen LogP contribution < -0.4 is 10.6 Å². The van der Waals surface area contributed by atoms with Crippen LogP contribution in [0.1, 0.15) is 46.5 Å². The Bertz CT molecular complexity index is 227. The summed E-state index contributed by atoms with van der Waals surface area (Å²) >= 11 is 0. The average molecular weight is 263 g/mol. The van der Waals surface area contributed by atoms with Crippen molar-refractivity contribution < 1.29 is 4.79 Å². The summed E-state index contributed by atoms with van der Waals surface area (Å²) in [7, 11) is 0. The number of carbonyl (C=O) groups excluding carboxylic acids is 1. The molecule has 1 atom stereocenters. The molecule has 0 saturated carbocycles.